The molecule has 2 N–H and O–H groups in total. The van der Waals surface area contributed by atoms with E-state index in [9.17, 15) is 18.8 Å². The number of halogens is 2. The van der Waals surface area contributed by atoms with Gasteiger partial charge in [-0.2, -0.15) is 0 Å². The number of carbonyl (C=O) groups excluding carboxylic acids is 1. The van der Waals surface area contributed by atoms with Gasteiger partial charge in [-0.1, -0.05) is 11.6 Å². The fraction of sp³-hybridized carbons (Fsp3) is 0.111. The minimum Gasteiger partial charge on any atom is -0.478 e. The third-order valence-corrected chi connectivity index (χ3v) is 6.27. The fourth-order valence-corrected chi connectivity index (χ4v) is 4.65. The maximum Gasteiger partial charge on any atom is 0.328 e. The highest BCUT2D eigenvalue weighted by Gasteiger charge is 2.15. The molecule has 4 rings (SSSR count). The number of rotatable bonds is 9. The zero-order valence-corrected chi connectivity index (χ0v) is 21.0. The molecule has 2 aromatic carbocycles. The molecule has 0 saturated carbocycles. The smallest absolute Gasteiger partial charge is 0.328 e. The summed E-state index contributed by atoms with van der Waals surface area (Å²) in [5, 5.41) is 19.6. The average Bonchev–Trinajstić information content (AvgIpc) is 3.29. The number of aromatic nitrogens is 1. The molecule has 2 heterocycles. The monoisotopic (exact) mass is 540 g/mol. The standard InChI is InChI=1S/C23H18ClFN2OS.C4H4O4/c24-17-5-8-20-21(15-29-23(20)14-17)27(19-9-11-26-12-10-19)13-1-2-22(28)16-3-6-18(25)7-4-16;5-3(6)1-2-4(7)8/h3-12,14-15H,1-2,13H2;1-2H,(H,5,6)(H,7,8)/b;2-1+. The Morgan fingerprint density at radius 2 is 1.62 bits per heavy atom. The van der Waals surface area contributed by atoms with Crippen molar-refractivity contribution in [2.75, 3.05) is 11.4 Å². The lowest BCUT2D eigenvalue weighted by Crippen LogP contribution is -2.19. The molecule has 37 heavy (non-hydrogen) atoms. The van der Waals surface area contributed by atoms with Crippen molar-refractivity contribution in [1.29, 1.82) is 0 Å². The SMILES string of the molecule is O=C(CCCN(c1ccncc1)c1csc2cc(Cl)ccc12)c1ccc(F)cc1.O=C(O)/C=C/C(=O)O. The third kappa shape index (κ3) is 8.23. The molecule has 0 bridgehead atoms. The van der Waals surface area contributed by atoms with Gasteiger partial charge in [0, 0.05) is 69.3 Å². The van der Waals surface area contributed by atoms with Gasteiger partial charge in [0.25, 0.3) is 0 Å². The van der Waals surface area contributed by atoms with E-state index in [1.807, 2.05) is 30.3 Å². The van der Waals surface area contributed by atoms with Crippen molar-refractivity contribution in [3.8, 4) is 0 Å². The summed E-state index contributed by atoms with van der Waals surface area (Å²) in [5.41, 5.74) is 2.64. The van der Waals surface area contributed by atoms with Gasteiger partial charge in [0.05, 0.1) is 5.69 Å². The first kappa shape index (κ1) is 27.5. The summed E-state index contributed by atoms with van der Waals surface area (Å²) >= 11 is 7.78. The number of ketones is 1. The van der Waals surface area contributed by atoms with E-state index < -0.39 is 11.9 Å². The minimum atomic E-state index is -1.26. The highest BCUT2D eigenvalue weighted by molar-refractivity contribution is 7.17. The second kappa shape index (κ2) is 13.3. The van der Waals surface area contributed by atoms with E-state index in [1.165, 1.54) is 24.3 Å². The highest BCUT2D eigenvalue weighted by Crippen LogP contribution is 2.38. The predicted octanol–water partition coefficient (Wildman–Crippen LogP) is 6.60. The number of hydrogen-bond acceptors (Lipinski definition) is 6. The summed E-state index contributed by atoms with van der Waals surface area (Å²) in [6.45, 7) is 0.672. The first-order valence-corrected chi connectivity index (χ1v) is 12.3. The van der Waals surface area contributed by atoms with E-state index in [2.05, 4.69) is 15.3 Å². The number of aliphatic carboxylic acids is 2. The zero-order chi connectivity index (χ0) is 26.8. The van der Waals surface area contributed by atoms with E-state index in [1.54, 1.807) is 23.7 Å². The quantitative estimate of drug-likeness (QED) is 0.182. The van der Waals surface area contributed by atoms with Gasteiger partial charge in [0.1, 0.15) is 5.82 Å². The van der Waals surface area contributed by atoms with Crippen molar-refractivity contribution in [3.05, 3.63) is 101 Å². The molecule has 0 saturated heterocycles. The number of carboxylic acid groups (broad SMARTS) is 2. The molecular weight excluding hydrogens is 519 g/mol. The van der Waals surface area contributed by atoms with Crippen LogP contribution < -0.4 is 4.90 Å². The molecule has 0 aliphatic carbocycles. The number of thiophene rings is 1. The number of benzene rings is 2. The number of anilines is 2. The van der Waals surface area contributed by atoms with Crippen molar-refractivity contribution >= 4 is 62.1 Å². The Morgan fingerprint density at radius 1 is 0.973 bits per heavy atom. The van der Waals surface area contributed by atoms with Crippen LogP contribution in [-0.2, 0) is 9.59 Å². The number of nitrogens with zero attached hydrogens (tertiary/aromatic N) is 2. The highest BCUT2D eigenvalue weighted by atomic mass is 35.5. The van der Waals surface area contributed by atoms with E-state index in [0.717, 1.165) is 21.5 Å². The third-order valence-electron chi connectivity index (χ3n) is 5.10. The fourth-order valence-electron chi connectivity index (χ4n) is 3.43. The van der Waals surface area contributed by atoms with Crippen LogP contribution in [0.25, 0.3) is 10.1 Å². The van der Waals surface area contributed by atoms with Crippen LogP contribution >= 0.6 is 22.9 Å². The van der Waals surface area contributed by atoms with Crippen LogP contribution in [0.4, 0.5) is 15.8 Å². The second-order valence-corrected chi connectivity index (χ2v) is 9.01. The molecule has 2 aromatic heterocycles. The lowest BCUT2D eigenvalue weighted by atomic mass is 10.1. The minimum absolute atomic E-state index is 0.0154. The van der Waals surface area contributed by atoms with Crippen LogP contribution in [0.5, 0.6) is 0 Å². The van der Waals surface area contributed by atoms with Gasteiger partial charge < -0.3 is 15.1 Å². The molecule has 0 fully saturated rings. The number of fused-ring (bicyclic) bond motifs is 1. The summed E-state index contributed by atoms with van der Waals surface area (Å²) in [6, 6.07) is 15.5. The number of pyridine rings is 1. The molecule has 10 heteroatoms. The molecule has 0 spiro atoms. The Morgan fingerprint density at radius 3 is 2.24 bits per heavy atom. The Kier molecular flexibility index (Phi) is 9.88. The lowest BCUT2D eigenvalue weighted by molar-refractivity contribution is -0.134. The van der Waals surface area contributed by atoms with Crippen molar-refractivity contribution in [1.82, 2.24) is 4.98 Å². The summed E-state index contributed by atoms with van der Waals surface area (Å²) in [4.78, 5) is 37.9. The molecule has 0 aliphatic rings. The van der Waals surface area contributed by atoms with Crippen LogP contribution in [0, 0.1) is 5.82 Å². The van der Waals surface area contributed by atoms with Crippen LogP contribution in [-0.4, -0.2) is 39.5 Å². The maximum absolute atomic E-state index is 13.1. The van der Waals surface area contributed by atoms with Crippen LogP contribution in [0.3, 0.4) is 0 Å². The largest absolute Gasteiger partial charge is 0.478 e. The average molecular weight is 541 g/mol. The summed E-state index contributed by atoms with van der Waals surface area (Å²) in [7, 11) is 0. The van der Waals surface area contributed by atoms with E-state index in [0.29, 0.717) is 42.1 Å². The molecule has 0 radical (unpaired) electrons. The molecule has 0 unspecified atom stereocenters. The van der Waals surface area contributed by atoms with Gasteiger partial charge >= 0.3 is 11.9 Å². The van der Waals surface area contributed by atoms with Gasteiger partial charge in [-0.15, -0.1) is 11.3 Å². The maximum atomic E-state index is 13.1. The normalized spacial score (nSPS) is 10.6. The molecule has 4 aromatic rings. The van der Waals surface area contributed by atoms with Crippen molar-refractivity contribution in [2.45, 2.75) is 12.8 Å². The van der Waals surface area contributed by atoms with Crippen LogP contribution in [0.1, 0.15) is 23.2 Å². The van der Waals surface area contributed by atoms with Gasteiger partial charge in [-0.05, 0) is 61.0 Å². The van der Waals surface area contributed by atoms with Crippen molar-refractivity contribution in [2.24, 2.45) is 0 Å². The predicted molar refractivity (Wildman–Crippen MR) is 142 cm³/mol. The first-order valence-electron chi connectivity index (χ1n) is 11.0. The Hall–Kier alpha value is -4.08. The molecule has 0 aliphatic heterocycles. The zero-order valence-electron chi connectivity index (χ0n) is 19.4. The van der Waals surface area contributed by atoms with Crippen molar-refractivity contribution in [3.63, 3.8) is 0 Å². The van der Waals surface area contributed by atoms with Crippen molar-refractivity contribution < 1.29 is 29.0 Å². The number of carboxylic acids is 2. The Bertz CT molecular complexity index is 1390. The van der Waals surface area contributed by atoms with Crippen LogP contribution in [0.15, 0.2) is 84.5 Å². The van der Waals surface area contributed by atoms with Gasteiger partial charge in [0.15, 0.2) is 5.78 Å². The molecule has 0 atom stereocenters. The number of carbonyl (C=O) groups is 3. The van der Waals surface area contributed by atoms with Gasteiger partial charge in [0.2, 0.25) is 0 Å². The lowest BCUT2D eigenvalue weighted by Gasteiger charge is -2.24. The molecule has 0 amide bonds. The van der Waals surface area contributed by atoms with Crippen LogP contribution in [0.2, 0.25) is 5.02 Å². The van der Waals surface area contributed by atoms with E-state index in [4.69, 9.17) is 21.8 Å². The topological polar surface area (TPSA) is 108 Å². The van der Waals surface area contributed by atoms with Gasteiger partial charge in [-0.3, -0.25) is 9.78 Å². The Balaban J connectivity index is 0.000000414. The Labute approximate surface area is 221 Å². The summed E-state index contributed by atoms with van der Waals surface area (Å²) < 4.78 is 14.2. The molecular formula is C27H22ClFN2O5S. The van der Waals surface area contributed by atoms with Gasteiger partial charge in [-0.25, -0.2) is 14.0 Å². The van der Waals surface area contributed by atoms with E-state index >= 15 is 0 Å². The first-order chi connectivity index (χ1) is 17.7. The number of Topliss-reactive ketones (excluding diaryl/α,β-unsaturated/α-hetero) is 1. The molecule has 190 valence electrons. The number of hydrogen-bond donors (Lipinski definition) is 2. The van der Waals surface area contributed by atoms with E-state index in [-0.39, 0.29) is 11.6 Å². The molecule has 7 nitrogen and oxygen atoms in total. The summed E-state index contributed by atoms with van der Waals surface area (Å²) in [5.74, 6) is -2.84. The summed E-state index contributed by atoms with van der Waals surface area (Å²) in [6.07, 6.45) is 5.70. The second-order valence-electron chi connectivity index (χ2n) is 7.66.